The van der Waals surface area contributed by atoms with Crippen molar-refractivity contribution in [3.63, 3.8) is 0 Å². The summed E-state index contributed by atoms with van der Waals surface area (Å²) in [5.41, 5.74) is 0. The summed E-state index contributed by atoms with van der Waals surface area (Å²) in [6, 6.07) is 0.739. The molecule has 0 saturated carbocycles. The van der Waals surface area contributed by atoms with Gasteiger partial charge in [0.05, 0.1) is 0 Å². The van der Waals surface area contributed by atoms with Crippen molar-refractivity contribution < 1.29 is 0 Å². The molecule has 1 fully saturated rings. The van der Waals surface area contributed by atoms with Crippen molar-refractivity contribution in [3.05, 3.63) is 0 Å². The molecule has 1 rings (SSSR count). The zero-order chi connectivity index (χ0) is 9.52. The van der Waals surface area contributed by atoms with E-state index in [1.54, 1.807) is 0 Å². The monoisotopic (exact) mass is 202 g/mol. The largest absolute Gasteiger partial charge is 0.311 e. The summed E-state index contributed by atoms with van der Waals surface area (Å²) in [7, 11) is 0. The van der Waals surface area contributed by atoms with Gasteiger partial charge >= 0.3 is 0 Å². The van der Waals surface area contributed by atoms with Gasteiger partial charge in [0.25, 0.3) is 0 Å². The molecule has 1 saturated heterocycles. The van der Waals surface area contributed by atoms with Crippen LogP contribution in [0.25, 0.3) is 0 Å². The minimum absolute atomic E-state index is 0.739. The van der Waals surface area contributed by atoms with E-state index in [1.165, 1.54) is 44.8 Å². The van der Waals surface area contributed by atoms with Crippen LogP contribution in [0, 0.1) is 0 Å². The summed E-state index contributed by atoms with van der Waals surface area (Å²) in [5, 5.41) is 3.54. The maximum absolute atomic E-state index is 3.54. The third kappa shape index (κ3) is 4.34. The number of piperazine rings is 1. The van der Waals surface area contributed by atoms with Gasteiger partial charge in [0, 0.05) is 25.7 Å². The molecular formula is C10H22N2S. The van der Waals surface area contributed by atoms with Crippen LogP contribution in [-0.2, 0) is 0 Å². The topological polar surface area (TPSA) is 15.3 Å². The predicted octanol–water partition coefficient (Wildman–Crippen LogP) is 1.42. The van der Waals surface area contributed by atoms with Crippen molar-refractivity contribution in [1.29, 1.82) is 0 Å². The fraction of sp³-hybridized carbons (Fsp3) is 1.00. The SMILES string of the molecule is CCC1CN(CCCSC)CCN1. The molecule has 0 amide bonds. The van der Waals surface area contributed by atoms with Crippen molar-refractivity contribution >= 4 is 11.8 Å². The smallest absolute Gasteiger partial charge is 0.0192 e. The Hall–Kier alpha value is 0.270. The Bertz CT molecular complexity index is 130. The molecule has 1 N–H and O–H groups in total. The zero-order valence-corrected chi connectivity index (χ0v) is 9.70. The third-order valence-corrected chi connectivity index (χ3v) is 3.35. The molecule has 0 aromatic rings. The second-order valence-corrected chi connectivity index (χ2v) is 4.69. The Morgan fingerprint density at radius 2 is 2.38 bits per heavy atom. The maximum Gasteiger partial charge on any atom is 0.0192 e. The fourth-order valence-electron chi connectivity index (χ4n) is 1.80. The second-order valence-electron chi connectivity index (χ2n) is 3.71. The first-order valence-corrected chi connectivity index (χ1v) is 6.71. The molecule has 0 radical (unpaired) electrons. The van der Waals surface area contributed by atoms with Crippen LogP contribution in [-0.4, -0.2) is 49.1 Å². The summed E-state index contributed by atoms with van der Waals surface area (Å²) in [6.45, 7) is 7.23. The lowest BCUT2D eigenvalue weighted by Crippen LogP contribution is -2.50. The van der Waals surface area contributed by atoms with Crippen molar-refractivity contribution in [2.24, 2.45) is 0 Å². The molecule has 0 aromatic carbocycles. The molecule has 3 heteroatoms. The van der Waals surface area contributed by atoms with Crippen molar-refractivity contribution in [2.45, 2.75) is 25.8 Å². The van der Waals surface area contributed by atoms with Gasteiger partial charge in [-0.2, -0.15) is 11.8 Å². The molecule has 1 aliphatic rings. The molecule has 0 aromatic heterocycles. The Morgan fingerprint density at radius 3 is 3.08 bits per heavy atom. The highest BCUT2D eigenvalue weighted by atomic mass is 32.2. The van der Waals surface area contributed by atoms with Crippen molar-refractivity contribution in [2.75, 3.05) is 38.2 Å². The zero-order valence-electron chi connectivity index (χ0n) is 8.88. The number of rotatable bonds is 5. The molecule has 78 valence electrons. The number of nitrogens with zero attached hydrogens (tertiary/aromatic N) is 1. The van der Waals surface area contributed by atoms with Gasteiger partial charge in [-0.3, -0.25) is 0 Å². The van der Waals surface area contributed by atoms with Gasteiger partial charge in [-0.1, -0.05) is 6.92 Å². The average molecular weight is 202 g/mol. The van der Waals surface area contributed by atoms with E-state index in [0.717, 1.165) is 6.04 Å². The fourth-order valence-corrected chi connectivity index (χ4v) is 2.22. The Morgan fingerprint density at radius 1 is 1.54 bits per heavy atom. The molecule has 1 atom stereocenters. The molecule has 1 unspecified atom stereocenters. The predicted molar refractivity (Wildman–Crippen MR) is 61.5 cm³/mol. The Kier molecular flexibility index (Phi) is 5.83. The van der Waals surface area contributed by atoms with Crippen LogP contribution >= 0.6 is 11.8 Å². The van der Waals surface area contributed by atoms with Crippen molar-refractivity contribution in [1.82, 2.24) is 10.2 Å². The van der Waals surface area contributed by atoms with E-state index in [0.29, 0.717) is 0 Å². The molecule has 1 aliphatic heterocycles. The van der Waals surface area contributed by atoms with Crippen LogP contribution in [0.4, 0.5) is 0 Å². The molecule has 0 bridgehead atoms. The van der Waals surface area contributed by atoms with Crippen LogP contribution in [0.3, 0.4) is 0 Å². The normalized spacial score (nSPS) is 24.9. The third-order valence-electron chi connectivity index (χ3n) is 2.66. The Balaban J connectivity index is 2.11. The molecule has 2 nitrogen and oxygen atoms in total. The first-order valence-electron chi connectivity index (χ1n) is 5.31. The van der Waals surface area contributed by atoms with E-state index in [4.69, 9.17) is 0 Å². The van der Waals surface area contributed by atoms with Gasteiger partial charge in [0.1, 0.15) is 0 Å². The van der Waals surface area contributed by atoms with Gasteiger partial charge in [-0.15, -0.1) is 0 Å². The maximum atomic E-state index is 3.54. The first kappa shape index (κ1) is 11.3. The van der Waals surface area contributed by atoms with Crippen LogP contribution in [0.1, 0.15) is 19.8 Å². The first-order chi connectivity index (χ1) is 6.36. The highest BCUT2D eigenvalue weighted by molar-refractivity contribution is 7.98. The van der Waals surface area contributed by atoms with Crippen LogP contribution in [0.15, 0.2) is 0 Å². The molecule has 0 aliphatic carbocycles. The highest BCUT2D eigenvalue weighted by Crippen LogP contribution is 2.04. The summed E-state index contributed by atoms with van der Waals surface area (Å²) < 4.78 is 0. The lowest BCUT2D eigenvalue weighted by molar-refractivity contribution is 0.198. The van der Waals surface area contributed by atoms with Gasteiger partial charge < -0.3 is 10.2 Å². The lowest BCUT2D eigenvalue weighted by atomic mass is 10.1. The number of thioether (sulfide) groups is 1. The molecule has 1 heterocycles. The summed E-state index contributed by atoms with van der Waals surface area (Å²) in [6.07, 6.45) is 4.79. The number of nitrogens with one attached hydrogen (secondary N) is 1. The average Bonchev–Trinajstić information content (AvgIpc) is 2.19. The van der Waals surface area contributed by atoms with E-state index in [1.807, 2.05) is 11.8 Å². The van der Waals surface area contributed by atoms with Crippen molar-refractivity contribution in [3.8, 4) is 0 Å². The number of hydrogen-bond acceptors (Lipinski definition) is 3. The minimum atomic E-state index is 0.739. The Labute approximate surface area is 86.5 Å². The molecule has 13 heavy (non-hydrogen) atoms. The molecule has 0 spiro atoms. The van der Waals surface area contributed by atoms with E-state index < -0.39 is 0 Å². The second kappa shape index (κ2) is 6.68. The summed E-state index contributed by atoms with van der Waals surface area (Å²) >= 11 is 1.95. The van der Waals surface area contributed by atoms with Crippen LogP contribution in [0.2, 0.25) is 0 Å². The van der Waals surface area contributed by atoms with Crippen LogP contribution in [0.5, 0.6) is 0 Å². The lowest BCUT2D eigenvalue weighted by Gasteiger charge is -2.33. The van der Waals surface area contributed by atoms with Gasteiger partial charge in [-0.05, 0) is 31.4 Å². The van der Waals surface area contributed by atoms with E-state index in [9.17, 15) is 0 Å². The van der Waals surface area contributed by atoms with E-state index in [-0.39, 0.29) is 0 Å². The van der Waals surface area contributed by atoms with E-state index in [2.05, 4.69) is 23.4 Å². The summed E-state index contributed by atoms with van der Waals surface area (Å²) in [4.78, 5) is 2.60. The quantitative estimate of drug-likeness (QED) is 0.679. The van der Waals surface area contributed by atoms with Crippen LogP contribution < -0.4 is 5.32 Å². The number of hydrogen-bond donors (Lipinski definition) is 1. The highest BCUT2D eigenvalue weighted by Gasteiger charge is 2.16. The standard InChI is InChI=1S/C10H22N2S/c1-3-10-9-12(7-5-11-10)6-4-8-13-2/h10-11H,3-9H2,1-2H3. The van der Waals surface area contributed by atoms with Gasteiger partial charge in [-0.25, -0.2) is 0 Å². The van der Waals surface area contributed by atoms with Gasteiger partial charge in [0.2, 0.25) is 0 Å². The van der Waals surface area contributed by atoms with Gasteiger partial charge in [0.15, 0.2) is 0 Å². The minimum Gasteiger partial charge on any atom is -0.311 e. The molecular weight excluding hydrogens is 180 g/mol. The van der Waals surface area contributed by atoms with E-state index >= 15 is 0 Å². The summed E-state index contributed by atoms with van der Waals surface area (Å²) in [5.74, 6) is 1.31.